The van der Waals surface area contributed by atoms with Crippen LogP contribution in [0.3, 0.4) is 0 Å². The summed E-state index contributed by atoms with van der Waals surface area (Å²) in [5.74, 6) is -0.246. The molecule has 0 bridgehead atoms. The summed E-state index contributed by atoms with van der Waals surface area (Å²) in [6, 6.07) is 7.17. The molecule has 0 radical (unpaired) electrons. The van der Waals surface area contributed by atoms with Crippen LogP contribution in [0.4, 0.5) is 10.1 Å². The molecule has 19 heavy (non-hydrogen) atoms. The molecule has 0 spiro atoms. The van der Waals surface area contributed by atoms with Crippen molar-refractivity contribution >= 4 is 17.3 Å². The van der Waals surface area contributed by atoms with Gasteiger partial charge >= 0.3 is 0 Å². The van der Waals surface area contributed by atoms with Crippen molar-refractivity contribution in [2.24, 2.45) is 0 Å². The minimum Gasteiger partial charge on any atom is -0.504 e. The lowest BCUT2D eigenvalue weighted by Gasteiger charge is -2.11. The summed E-state index contributed by atoms with van der Waals surface area (Å²) in [4.78, 5) is 0. The highest BCUT2D eigenvalue weighted by Gasteiger charge is 2.12. The molecule has 0 aliphatic heterocycles. The van der Waals surface area contributed by atoms with Crippen molar-refractivity contribution in [1.82, 2.24) is 0 Å². The Kier molecular flexibility index (Phi) is 3.81. The molecule has 3 N–H and O–H groups in total. The number of phenols is 1. The zero-order chi connectivity index (χ0) is 14.0. The first kappa shape index (κ1) is 13.5. The lowest BCUT2D eigenvalue weighted by atomic mass is 10.1. The van der Waals surface area contributed by atoms with Gasteiger partial charge in [-0.15, -0.1) is 0 Å². The van der Waals surface area contributed by atoms with Gasteiger partial charge in [-0.2, -0.15) is 0 Å². The van der Waals surface area contributed by atoms with Gasteiger partial charge in [0.15, 0.2) is 11.5 Å². The van der Waals surface area contributed by atoms with E-state index >= 15 is 0 Å². The number of hydrogen-bond acceptors (Lipinski definition) is 3. The van der Waals surface area contributed by atoms with Crippen LogP contribution in [-0.2, 0) is 6.42 Å². The van der Waals surface area contributed by atoms with Gasteiger partial charge in [0.25, 0.3) is 0 Å². The predicted molar refractivity (Wildman–Crippen MR) is 73.4 cm³/mol. The average molecular weight is 282 g/mol. The maximum Gasteiger partial charge on any atom is 0.172 e. The SMILES string of the molecule is CCc1cc(O)c(Oc2ccc(N)cc2Cl)cc1F. The Bertz CT molecular complexity index is 617. The van der Waals surface area contributed by atoms with Crippen LogP contribution in [0.25, 0.3) is 0 Å². The van der Waals surface area contributed by atoms with Gasteiger partial charge in [0.2, 0.25) is 0 Å². The zero-order valence-corrected chi connectivity index (χ0v) is 11.0. The summed E-state index contributed by atoms with van der Waals surface area (Å²) in [7, 11) is 0. The van der Waals surface area contributed by atoms with Crippen molar-refractivity contribution in [3.63, 3.8) is 0 Å². The quantitative estimate of drug-likeness (QED) is 0.832. The standard InChI is InChI=1S/C14H13ClFNO2/c1-2-8-5-12(18)14(7-11(8)16)19-13-4-3-9(17)6-10(13)15/h3-7,18H,2,17H2,1H3. The smallest absolute Gasteiger partial charge is 0.172 e. The van der Waals surface area contributed by atoms with Crippen molar-refractivity contribution in [3.8, 4) is 17.2 Å². The number of anilines is 1. The van der Waals surface area contributed by atoms with E-state index in [0.29, 0.717) is 28.4 Å². The molecule has 0 amide bonds. The zero-order valence-electron chi connectivity index (χ0n) is 10.3. The van der Waals surface area contributed by atoms with Crippen molar-refractivity contribution in [2.45, 2.75) is 13.3 Å². The monoisotopic (exact) mass is 281 g/mol. The molecule has 0 aromatic heterocycles. The Labute approximate surface area is 115 Å². The molecule has 0 atom stereocenters. The summed E-state index contributed by atoms with van der Waals surface area (Å²) in [6.45, 7) is 1.80. The first-order chi connectivity index (χ1) is 9.01. The number of phenolic OH excluding ortho intramolecular Hbond substituents is 1. The molecule has 0 fully saturated rings. The predicted octanol–water partition coefficient (Wildman–Crippen LogP) is 4.12. The number of nitrogen functional groups attached to an aromatic ring is 1. The molecule has 2 rings (SSSR count). The highest BCUT2D eigenvalue weighted by Crippen LogP contribution is 2.36. The second-order valence-electron chi connectivity index (χ2n) is 4.06. The molecule has 2 aromatic carbocycles. The van der Waals surface area contributed by atoms with E-state index in [2.05, 4.69) is 0 Å². The number of hydrogen-bond donors (Lipinski definition) is 2. The molecule has 100 valence electrons. The van der Waals surface area contributed by atoms with Gasteiger partial charge in [0, 0.05) is 11.8 Å². The molecule has 5 heteroatoms. The third-order valence-electron chi connectivity index (χ3n) is 2.68. The van der Waals surface area contributed by atoms with Gasteiger partial charge in [-0.25, -0.2) is 4.39 Å². The summed E-state index contributed by atoms with van der Waals surface area (Å²) in [5.41, 5.74) is 6.48. The number of ether oxygens (including phenoxy) is 1. The molecule has 0 aliphatic carbocycles. The summed E-state index contributed by atoms with van der Waals surface area (Å²) in [5, 5.41) is 10.1. The van der Waals surface area contributed by atoms with E-state index in [1.54, 1.807) is 19.1 Å². The topological polar surface area (TPSA) is 55.5 Å². The molecular formula is C14H13ClFNO2. The summed E-state index contributed by atoms with van der Waals surface area (Å²) < 4.78 is 19.1. The van der Waals surface area contributed by atoms with Gasteiger partial charge in [-0.05, 0) is 36.2 Å². The Morgan fingerprint density at radius 2 is 2.00 bits per heavy atom. The Hall–Kier alpha value is -1.94. The number of rotatable bonds is 3. The van der Waals surface area contributed by atoms with Crippen molar-refractivity contribution in [1.29, 1.82) is 0 Å². The van der Waals surface area contributed by atoms with Gasteiger partial charge in [0.05, 0.1) is 5.02 Å². The molecule has 0 aliphatic rings. The Morgan fingerprint density at radius 1 is 1.26 bits per heavy atom. The Balaban J connectivity index is 2.35. The first-order valence-electron chi connectivity index (χ1n) is 5.75. The fourth-order valence-corrected chi connectivity index (χ4v) is 1.89. The van der Waals surface area contributed by atoms with Crippen LogP contribution in [0.5, 0.6) is 17.2 Å². The molecule has 0 unspecified atom stereocenters. The van der Waals surface area contributed by atoms with Crippen LogP contribution >= 0.6 is 11.6 Å². The van der Waals surface area contributed by atoms with Crippen LogP contribution in [0.15, 0.2) is 30.3 Å². The van der Waals surface area contributed by atoms with E-state index in [1.807, 2.05) is 0 Å². The van der Waals surface area contributed by atoms with E-state index in [9.17, 15) is 9.50 Å². The van der Waals surface area contributed by atoms with Crippen LogP contribution in [0.2, 0.25) is 5.02 Å². The minimum atomic E-state index is -0.429. The van der Waals surface area contributed by atoms with E-state index < -0.39 is 5.82 Å². The van der Waals surface area contributed by atoms with Crippen LogP contribution in [0, 0.1) is 5.82 Å². The fourth-order valence-electron chi connectivity index (χ4n) is 1.66. The molecule has 0 heterocycles. The molecule has 3 nitrogen and oxygen atoms in total. The Morgan fingerprint density at radius 3 is 2.63 bits per heavy atom. The number of benzene rings is 2. The molecule has 2 aromatic rings. The lowest BCUT2D eigenvalue weighted by molar-refractivity contribution is 0.406. The molecular weight excluding hydrogens is 269 g/mol. The van der Waals surface area contributed by atoms with Crippen LogP contribution in [0.1, 0.15) is 12.5 Å². The average Bonchev–Trinajstić information content (AvgIpc) is 2.36. The number of aryl methyl sites for hydroxylation is 1. The van der Waals surface area contributed by atoms with E-state index in [1.165, 1.54) is 12.1 Å². The first-order valence-corrected chi connectivity index (χ1v) is 6.13. The van der Waals surface area contributed by atoms with Gasteiger partial charge < -0.3 is 15.6 Å². The van der Waals surface area contributed by atoms with Crippen LogP contribution < -0.4 is 10.5 Å². The minimum absolute atomic E-state index is 0.0152. The highest BCUT2D eigenvalue weighted by atomic mass is 35.5. The molecule has 0 saturated heterocycles. The number of halogens is 2. The summed E-state index contributed by atoms with van der Waals surface area (Å²) >= 11 is 5.95. The second-order valence-corrected chi connectivity index (χ2v) is 4.46. The maximum absolute atomic E-state index is 13.7. The van der Waals surface area contributed by atoms with Gasteiger partial charge in [-0.1, -0.05) is 18.5 Å². The lowest BCUT2D eigenvalue weighted by Crippen LogP contribution is -1.92. The van der Waals surface area contributed by atoms with E-state index in [-0.39, 0.29) is 11.5 Å². The highest BCUT2D eigenvalue weighted by molar-refractivity contribution is 6.32. The van der Waals surface area contributed by atoms with E-state index in [4.69, 9.17) is 22.1 Å². The van der Waals surface area contributed by atoms with Crippen molar-refractivity contribution < 1.29 is 14.2 Å². The normalized spacial score (nSPS) is 10.5. The number of aromatic hydroxyl groups is 1. The molecule has 0 saturated carbocycles. The maximum atomic E-state index is 13.7. The van der Waals surface area contributed by atoms with Crippen molar-refractivity contribution in [2.75, 3.05) is 5.73 Å². The van der Waals surface area contributed by atoms with Crippen LogP contribution in [-0.4, -0.2) is 5.11 Å². The largest absolute Gasteiger partial charge is 0.504 e. The third-order valence-corrected chi connectivity index (χ3v) is 2.98. The van der Waals surface area contributed by atoms with Gasteiger partial charge in [0.1, 0.15) is 11.6 Å². The van der Waals surface area contributed by atoms with Gasteiger partial charge in [-0.3, -0.25) is 0 Å². The number of nitrogens with two attached hydrogens (primary N) is 1. The van der Waals surface area contributed by atoms with Crippen molar-refractivity contribution in [3.05, 3.63) is 46.7 Å². The van der Waals surface area contributed by atoms with E-state index in [0.717, 1.165) is 6.07 Å². The fraction of sp³-hybridized carbons (Fsp3) is 0.143. The third kappa shape index (κ3) is 2.90. The second kappa shape index (κ2) is 5.36. The summed E-state index contributed by atoms with van der Waals surface area (Å²) in [6.07, 6.45) is 0.488.